The molecular weight excluding hydrogens is 291 g/mol. The van der Waals surface area contributed by atoms with Gasteiger partial charge in [-0.2, -0.15) is 0 Å². The van der Waals surface area contributed by atoms with E-state index < -0.39 is 23.5 Å². The van der Waals surface area contributed by atoms with Crippen LogP contribution in [0, 0.1) is 11.7 Å². The summed E-state index contributed by atoms with van der Waals surface area (Å²) in [4.78, 5) is 35.6. The topological polar surface area (TPSA) is 69.7 Å². The molecule has 1 unspecified atom stereocenters. The first kappa shape index (κ1) is 16.0. The lowest BCUT2D eigenvalue weighted by molar-refractivity contribution is -0.158. The van der Waals surface area contributed by atoms with Gasteiger partial charge >= 0.3 is 5.97 Å². The quantitative estimate of drug-likeness (QED) is 0.365. The predicted molar refractivity (Wildman–Crippen MR) is 75.3 cm³/mol. The van der Waals surface area contributed by atoms with Crippen molar-refractivity contribution in [3.8, 4) is 0 Å². The van der Waals surface area contributed by atoms with Crippen LogP contribution in [0.5, 0.6) is 0 Å². The zero-order valence-corrected chi connectivity index (χ0v) is 12.0. The number of hydrogen-bond acceptors (Lipinski definition) is 5. The van der Waals surface area contributed by atoms with Gasteiger partial charge in [0.15, 0.2) is 5.78 Å². The molecule has 0 aliphatic carbocycles. The summed E-state index contributed by atoms with van der Waals surface area (Å²) < 4.78 is 22.7. The van der Waals surface area contributed by atoms with Gasteiger partial charge in [0.05, 0.1) is 19.8 Å². The second-order valence-corrected chi connectivity index (χ2v) is 4.74. The fourth-order valence-electron chi connectivity index (χ4n) is 2.07. The van der Waals surface area contributed by atoms with E-state index in [1.807, 2.05) is 0 Å². The third-order valence-electron chi connectivity index (χ3n) is 3.18. The summed E-state index contributed by atoms with van der Waals surface area (Å²) >= 11 is 0. The lowest BCUT2D eigenvalue weighted by Crippen LogP contribution is -2.39. The number of benzene rings is 1. The van der Waals surface area contributed by atoms with Crippen molar-refractivity contribution in [2.45, 2.75) is 6.92 Å². The van der Waals surface area contributed by atoms with E-state index >= 15 is 0 Å². The Bertz CT molecular complexity index is 618. The highest BCUT2D eigenvalue weighted by Crippen LogP contribution is 2.19. The van der Waals surface area contributed by atoms with Crippen LogP contribution in [0.1, 0.15) is 12.5 Å². The van der Waals surface area contributed by atoms with Gasteiger partial charge in [0.2, 0.25) is 0 Å². The van der Waals surface area contributed by atoms with Crippen LogP contribution in [-0.4, -0.2) is 37.4 Å². The Morgan fingerprint density at radius 2 is 2.05 bits per heavy atom. The van der Waals surface area contributed by atoms with Crippen LogP contribution in [0.4, 0.5) is 4.39 Å². The first-order valence-corrected chi connectivity index (χ1v) is 6.82. The highest BCUT2D eigenvalue weighted by Gasteiger charge is 2.37. The molecule has 0 spiro atoms. The molecule has 6 heteroatoms. The SMILES string of the molecule is CCOC(=O)C(=O)C1COCC(=Cc2ccc(F)cc2)C1=O. The summed E-state index contributed by atoms with van der Waals surface area (Å²) in [6.07, 6.45) is 1.52. The van der Waals surface area contributed by atoms with Crippen molar-refractivity contribution in [3.05, 3.63) is 41.2 Å². The summed E-state index contributed by atoms with van der Waals surface area (Å²) in [5.74, 6) is -3.97. The molecule has 1 aliphatic rings. The van der Waals surface area contributed by atoms with Gasteiger partial charge in [0, 0.05) is 5.57 Å². The predicted octanol–water partition coefficient (Wildman–Crippen LogP) is 1.56. The second kappa shape index (κ2) is 7.09. The van der Waals surface area contributed by atoms with E-state index in [0.717, 1.165) is 0 Å². The van der Waals surface area contributed by atoms with E-state index in [-0.39, 0.29) is 31.2 Å². The molecule has 0 radical (unpaired) electrons. The average Bonchev–Trinajstić information content (AvgIpc) is 2.51. The second-order valence-electron chi connectivity index (χ2n) is 4.74. The van der Waals surface area contributed by atoms with E-state index in [1.54, 1.807) is 6.92 Å². The minimum atomic E-state index is -1.18. The molecule has 1 saturated heterocycles. The Morgan fingerprint density at radius 3 is 2.68 bits per heavy atom. The number of rotatable bonds is 4. The summed E-state index contributed by atoms with van der Waals surface area (Å²) in [6, 6.07) is 5.54. The van der Waals surface area contributed by atoms with Crippen molar-refractivity contribution in [2.24, 2.45) is 5.92 Å². The number of hydrogen-bond donors (Lipinski definition) is 0. The molecule has 1 aliphatic heterocycles. The maximum atomic E-state index is 12.9. The molecule has 22 heavy (non-hydrogen) atoms. The molecule has 1 heterocycles. The van der Waals surface area contributed by atoms with Crippen molar-refractivity contribution >= 4 is 23.6 Å². The molecular formula is C16H15FO5. The van der Waals surface area contributed by atoms with Gasteiger partial charge in [0.1, 0.15) is 11.7 Å². The number of esters is 1. The van der Waals surface area contributed by atoms with Crippen molar-refractivity contribution in [3.63, 3.8) is 0 Å². The van der Waals surface area contributed by atoms with Crippen LogP contribution in [0.25, 0.3) is 6.08 Å². The van der Waals surface area contributed by atoms with Gasteiger partial charge in [-0.3, -0.25) is 9.59 Å². The average molecular weight is 306 g/mol. The Labute approximate surface area is 126 Å². The van der Waals surface area contributed by atoms with E-state index in [1.165, 1.54) is 30.3 Å². The fourth-order valence-corrected chi connectivity index (χ4v) is 2.07. The zero-order chi connectivity index (χ0) is 16.1. The molecule has 0 N–H and O–H groups in total. The Balaban J connectivity index is 2.17. The first-order chi connectivity index (χ1) is 10.5. The van der Waals surface area contributed by atoms with Gasteiger partial charge in [-0.15, -0.1) is 0 Å². The van der Waals surface area contributed by atoms with Crippen LogP contribution in [-0.2, 0) is 23.9 Å². The summed E-state index contributed by atoms with van der Waals surface area (Å²) in [6.45, 7) is 1.54. The minimum Gasteiger partial charge on any atom is -0.460 e. The number of ketones is 2. The lowest BCUT2D eigenvalue weighted by atomic mass is 9.91. The Morgan fingerprint density at radius 1 is 1.36 bits per heavy atom. The largest absolute Gasteiger partial charge is 0.460 e. The van der Waals surface area contributed by atoms with Crippen LogP contribution in [0.15, 0.2) is 29.8 Å². The summed E-state index contributed by atoms with van der Waals surface area (Å²) in [5, 5.41) is 0. The number of halogens is 1. The fraction of sp³-hybridized carbons (Fsp3) is 0.312. The van der Waals surface area contributed by atoms with E-state index in [0.29, 0.717) is 5.56 Å². The number of ether oxygens (including phenoxy) is 2. The van der Waals surface area contributed by atoms with E-state index in [9.17, 15) is 18.8 Å². The van der Waals surface area contributed by atoms with Gasteiger partial charge < -0.3 is 9.47 Å². The van der Waals surface area contributed by atoms with Gasteiger partial charge in [-0.25, -0.2) is 9.18 Å². The van der Waals surface area contributed by atoms with Crippen LogP contribution < -0.4 is 0 Å². The highest BCUT2D eigenvalue weighted by atomic mass is 19.1. The van der Waals surface area contributed by atoms with Crippen molar-refractivity contribution < 1.29 is 28.2 Å². The van der Waals surface area contributed by atoms with Gasteiger partial charge in [-0.05, 0) is 30.7 Å². The number of carbonyl (C=O) groups excluding carboxylic acids is 3. The smallest absolute Gasteiger partial charge is 0.375 e. The van der Waals surface area contributed by atoms with E-state index in [2.05, 4.69) is 4.74 Å². The van der Waals surface area contributed by atoms with Crippen molar-refractivity contribution in [1.82, 2.24) is 0 Å². The molecule has 0 saturated carbocycles. The third kappa shape index (κ3) is 3.65. The molecule has 1 fully saturated rings. The van der Waals surface area contributed by atoms with Crippen LogP contribution >= 0.6 is 0 Å². The molecule has 5 nitrogen and oxygen atoms in total. The standard InChI is InChI=1S/C16H15FO5/c1-2-22-16(20)15(19)13-9-21-8-11(14(13)18)7-10-3-5-12(17)6-4-10/h3-7,13H,2,8-9H2,1H3. The minimum absolute atomic E-state index is 0.0445. The maximum absolute atomic E-state index is 12.9. The molecule has 1 aromatic carbocycles. The lowest BCUT2D eigenvalue weighted by Gasteiger charge is -2.21. The Hall–Kier alpha value is -2.34. The number of Topliss-reactive ketones (excluding diaryl/α,β-unsaturated/α-hetero) is 2. The molecule has 0 bridgehead atoms. The first-order valence-electron chi connectivity index (χ1n) is 6.82. The summed E-state index contributed by atoms with van der Waals surface area (Å²) in [7, 11) is 0. The summed E-state index contributed by atoms with van der Waals surface area (Å²) in [5.41, 5.74) is 0.873. The third-order valence-corrected chi connectivity index (χ3v) is 3.18. The maximum Gasteiger partial charge on any atom is 0.375 e. The molecule has 0 amide bonds. The highest BCUT2D eigenvalue weighted by molar-refractivity contribution is 6.39. The van der Waals surface area contributed by atoms with Crippen LogP contribution in [0.2, 0.25) is 0 Å². The normalized spacial score (nSPS) is 20.0. The molecule has 116 valence electrons. The van der Waals surface area contributed by atoms with Crippen LogP contribution in [0.3, 0.4) is 0 Å². The Kier molecular flexibility index (Phi) is 5.16. The van der Waals surface area contributed by atoms with E-state index in [4.69, 9.17) is 4.74 Å². The van der Waals surface area contributed by atoms with Crippen molar-refractivity contribution in [1.29, 1.82) is 0 Å². The molecule has 0 aromatic heterocycles. The van der Waals surface area contributed by atoms with Gasteiger partial charge in [-0.1, -0.05) is 12.1 Å². The zero-order valence-electron chi connectivity index (χ0n) is 12.0. The van der Waals surface area contributed by atoms with Crippen molar-refractivity contribution in [2.75, 3.05) is 19.8 Å². The molecule has 1 aromatic rings. The molecule has 2 rings (SSSR count). The monoisotopic (exact) mass is 306 g/mol. The molecule has 1 atom stereocenters. The number of carbonyl (C=O) groups is 3. The van der Waals surface area contributed by atoms with Gasteiger partial charge in [0.25, 0.3) is 5.78 Å².